The summed E-state index contributed by atoms with van der Waals surface area (Å²) >= 11 is 2.15. The third kappa shape index (κ3) is 10.4. The van der Waals surface area contributed by atoms with Crippen molar-refractivity contribution in [2.45, 2.75) is 73.6 Å². The van der Waals surface area contributed by atoms with Gasteiger partial charge >= 0.3 is 0 Å². The molecule has 0 radical (unpaired) electrons. The predicted octanol–water partition coefficient (Wildman–Crippen LogP) is 7.48. The Kier molecular flexibility index (Phi) is 10.1. The molecule has 0 nitrogen and oxygen atoms in total. The van der Waals surface area contributed by atoms with Gasteiger partial charge in [0.15, 0.2) is 0 Å². The first kappa shape index (κ1) is 21.6. The van der Waals surface area contributed by atoms with Crippen LogP contribution in [0.25, 0.3) is 0 Å². The summed E-state index contributed by atoms with van der Waals surface area (Å²) in [7, 11) is 0. The molecule has 24 heavy (non-hydrogen) atoms. The summed E-state index contributed by atoms with van der Waals surface area (Å²) in [6.07, 6.45) is 6.75. The first-order chi connectivity index (χ1) is 11.3. The summed E-state index contributed by atoms with van der Waals surface area (Å²) in [5.74, 6) is 5.20. The summed E-state index contributed by atoms with van der Waals surface area (Å²) in [5.41, 5.74) is 1.86. The molecule has 0 fully saturated rings. The normalized spacial score (nSPS) is 14.8. The number of benzene rings is 1. The largest absolute Gasteiger partial charge is 0.161 e. The van der Waals surface area contributed by atoms with Gasteiger partial charge in [-0.05, 0) is 59.5 Å². The van der Waals surface area contributed by atoms with E-state index in [1.807, 2.05) is 0 Å². The minimum atomic E-state index is 0.390. The van der Waals surface area contributed by atoms with Gasteiger partial charge in [0.05, 0.1) is 0 Å². The fourth-order valence-electron chi connectivity index (χ4n) is 3.47. The van der Waals surface area contributed by atoms with Crippen LogP contribution in [0.2, 0.25) is 0 Å². The quantitative estimate of drug-likeness (QED) is 0.353. The Balaban J connectivity index is 2.15. The van der Waals surface area contributed by atoms with Gasteiger partial charge in [-0.2, -0.15) is 11.8 Å². The topological polar surface area (TPSA) is 0 Å². The molecular weight excluding hydrogens is 308 g/mol. The van der Waals surface area contributed by atoms with Crippen LogP contribution < -0.4 is 0 Å². The highest BCUT2D eigenvalue weighted by Crippen LogP contribution is 2.28. The Morgan fingerprint density at radius 3 is 2.12 bits per heavy atom. The molecule has 0 amide bonds. The molecule has 0 saturated heterocycles. The molecule has 0 bridgehead atoms. The van der Waals surface area contributed by atoms with Gasteiger partial charge in [-0.15, -0.1) is 0 Å². The maximum Gasteiger partial charge on any atom is -0.00129 e. The maximum atomic E-state index is 2.44. The lowest BCUT2D eigenvalue weighted by atomic mass is 9.88. The summed E-state index contributed by atoms with van der Waals surface area (Å²) in [4.78, 5) is 0. The van der Waals surface area contributed by atoms with Gasteiger partial charge in [0, 0.05) is 0 Å². The number of rotatable bonds is 12. The van der Waals surface area contributed by atoms with E-state index in [1.165, 1.54) is 49.2 Å². The van der Waals surface area contributed by atoms with E-state index < -0.39 is 0 Å². The lowest BCUT2D eigenvalue weighted by molar-refractivity contribution is 0.369. The van der Waals surface area contributed by atoms with Crippen LogP contribution in [0.3, 0.4) is 0 Å². The van der Waals surface area contributed by atoms with Gasteiger partial charge < -0.3 is 0 Å². The van der Waals surface area contributed by atoms with Crippen LogP contribution in [0.5, 0.6) is 0 Å². The molecule has 0 aliphatic heterocycles. The van der Waals surface area contributed by atoms with Crippen LogP contribution in [0.4, 0.5) is 0 Å². The zero-order chi connectivity index (χ0) is 18.0. The van der Waals surface area contributed by atoms with Gasteiger partial charge in [0.2, 0.25) is 0 Å². The highest BCUT2D eigenvalue weighted by atomic mass is 32.2. The number of hydrogen-bond donors (Lipinski definition) is 0. The van der Waals surface area contributed by atoms with Crippen LogP contribution in [0.15, 0.2) is 30.3 Å². The van der Waals surface area contributed by atoms with Gasteiger partial charge in [-0.3, -0.25) is 0 Å². The molecule has 0 N–H and O–H groups in total. The molecule has 138 valence electrons. The Labute approximate surface area is 156 Å². The molecule has 1 aromatic rings. The fraction of sp³-hybridized carbons (Fsp3) is 0.739. The van der Waals surface area contributed by atoms with E-state index in [4.69, 9.17) is 0 Å². The molecule has 2 atom stereocenters. The highest BCUT2D eigenvalue weighted by Gasteiger charge is 2.18. The van der Waals surface area contributed by atoms with Crippen molar-refractivity contribution in [1.29, 1.82) is 0 Å². The van der Waals surface area contributed by atoms with E-state index in [2.05, 4.69) is 83.6 Å². The predicted molar refractivity (Wildman–Crippen MR) is 113 cm³/mol. The van der Waals surface area contributed by atoms with Crippen LogP contribution in [0, 0.1) is 23.2 Å². The Morgan fingerprint density at radius 2 is 1.50 bits per heavy atom. The molecule has 1 aromatic carbocycles. The monoisotopic (exact) mass is 348 g/mol. The van der Waals surface area contributed by atoms with Crippen molar-refractivity contribution in [1.82, 2.24) is 0 Å². The van der Waals surface area contributed by atoms with Crippen LogP contribution >= 0.6 is 11.8 Å². The molecular formula is C23H40S. The molecule has 0 saturated carbocycles. The van der Waals surface area contributed by atoms with Crippen molar-refractivity contribution in [2.75, 3.05) is 11.5 Å². The van der Waals surface area contributed by atoms with Gasteiger partial charge in [-0.1, -0.05) is 84.7 Å². The van der Waals surface area contributed by atoms with Crippen LogP contribution in [-0.2, 0) is 6.42 Å². The molecule has 1 rings (SSSR count). The Morgan fingerprint density at radius 1 is 0.875 bits per heavy atom. The van der Waals surface area contributed by atoms with Crippen molar-refractivity contribution < 1.29 is 0 Å². The minimum Gasteiger partial charge on any atom is -0.161 e. The number of hydrogen-bond acceptors (Lipinski definition) is 1. The van der Waals surface area contributed by atoms with Crippen molar-refractivity contribution in [3.8, 4) is 0 Å². The van der Waals surface area contributed by atoms with Crippen molar-refractivity contribution in [3.05, 3.63) is 35.9 Å². The molecule has 2 unspecified atom stereocenters. The van der Waals surface area contributed by atoms with E-state index in [0.717, 1.165) is 17.8 Å². The molecule has 1 heteroatoms. The maximum absolute atomic E-state index is 2.44. The SMILES string of the molecule is CC(C)CC(C)CCC(C)CCSCC(C)(C)Cc1ccccc1. The lowest BCUT2D eigenvalue weighted by Gasteiger charge is -2.24. The zero-order valence-corrected chi connectivity index (χ0v) is 17.8. The average Bonchev–Trinajstić information content (AvgIpc) is 2.49. The molecule has 0 heterocycles. The third-order valence-electron chi connectivity index (χ3n) is 4.80. The molecule has 0 aromatic heterocycles. The summed E-state index contributed by atoms with van der Waals surface area (Å²) < 4.78 is 0. The lowest BCUT2D eigenvalue weighted by Crippen LogP contribution is -2.18. The summed E-state index contributed by atoms with van der Waals surface area (Å²) in [6.45, 7) is 14.4. The third-order valence-corrected chi connectivity index (χ3v) is 6.31. The fourth-order valence-corrected chi connectivity index (χ4v) is 4.84. The van der Waals surface area contributed by atoms with Crippen molar-refractivity contribution >= 4 is 11.8 Å². The van der Waals surface area contributed by atoms with E-state index in [9.17, 15) is 0 Å². The first-order valence-corrected chi connectivity index (χ1v) is 11.1. The Bertz CT molecular complexity index is 421. The van der Waals surface area contributed by atoms with Gasteiger partial charge in [0.25, 0.3) is 0 Å². The second-order valence-corrected chi connectivity index (χ2v) is 10.2. The van der Waals surface area contributed by atoms with Gasteiger partial charge in [0.1, 0.15) is 0 Å². The van der Waals surface area contributed by atoms with Crippen molar-refractivity contribution in [2.24, 2.45) is 23.2 Å². The van der Waals surface area contributed by atoms with Crippen molar-refractivity contribution in [3.63, 3.8) is 0 Å². The molecule has 0 aliphatic rings. The van der Waals surface area contributed by atoms with E-state index in [0.29, 0.717) is 5.41 Å². The summed E-state index contributed by atoms with van der Waals surface area (Å²) in [5, 5.41) is 0. The minimum absolute atomic E-state index is 0.390. The van der Waals surface area contributed by atoms with E-state index >= 15 is 0 Å². The zero-order valence-electron chi connectivity index (χ0n) is 17.0. The summed E-state index contributed by atoms with van der Waals surface area (Å²) in [6, 6.07) is 10.9. The molecule has 0 aliphatic carbocycles. The second kappa shape index (κ2) is 11.2. The highest BCUT2D eigenvalue weighted by molar-refractivity contribution is 7.99. The van der Waals surface area contributed by atoms with Crippen LogP contribution in [-0.4, -0.2) is 11.5 Å². The Hall–Kier alpha value is -0.430. The smallest absolute Gasteiger partial charge is 0.00129 e. The number of thioether (sulfide) groups is 1. The van der Waals surface area contributed by atoms with E-state index in [1.54, 1.807) is 0 Å². The van der Waals surface area contributed by atoms with E-state index in [-0.39, 0.29) is 0 Å². The second-order valence-electron chi connectivity index (χ2n) is 9.09. The molecule has 0 spiro atoms. The van der Waals surface area contributed by atoms with Crippen LogP contribution in [0.1, 0.15) is 72.8 Å². The average molecular weight is 349 g/mol. The van der Waals surface area contributed by atoms with Gasteiger partial charge in [-0.25, -0.2) is 0 Å². The standard InChI is InChI=1S/C23H40S/c1-19(2)16-21(4)13-12-20(3)14-15-24-18-23(5,6)17-22-10-8-7-9-11-22/h7-11,19-21H,12-18H2,1-6H3. The first-order valence-electron chi connectivity index (χ1n) is 9.90.